The number of furan rings is 1. The SMILES string of the molecule is CCOC(=O)c1cccc(-n2c(C)cc(/C=C3\C(=O)NC(=O)N(Cc4ccco4)C3=O)c2C)c1. The van der Waals surface area contributed by atoms with Crippen molar-refractivity contribution in [3.63, 3.8) is 0 Å². The topological polar surface area (TPSA) is 111 Å². The van der Waals surface area contributed by atoms with Crippen LogP contribution in [0, 0.1) is 13.8 Å². The van der Waals surface area contributed by atoms with Crippen LogP contribution in [-0.4, -0.2) is 39.9 Å². The number of barbiturate groups is 1. The van der Waals surface area contributed by atoms with Gasteiger partial charge in [0, 0.05) is 17.1 Å². The van der Waals surface area contributed by atoms with Gasteiger partial charge >= 0.3 is 12.0 Å². The molecule has 0 bridgehead atoms. The number of hydrogen-bond acceptors (Lipinski definition) is 6. The summed E-state index contributed by atoms with van der Waals surface area (Å²) in [5.74, 6) is -1.48. The van der Waals surface area contributed by atoms with E-state index < -0.39 is 23.8 Å². The van der Waals surface area contributed by atoms with Crippen LogP contribution in [0.2, 0.25) is 0 Å². The molecule has 1 aromatic carbocycles. The Kier molecular flexibility index (Phi) is 6.18. The number of hydrogen-bond donors (Lipinski definition) is 1. The number of carbonyl (C=O) groups is 4. The number of benzene rings is 1. The minimum Gasteiger partial charge on any atom is -0.467 e. The van der Waals surface area contributed by atoms with Crippen LogP contribution >= 0.6 is 0 Å². The second-order valence-corrected chi connectivity index (χ2v) is 7.72. The minimum atomic E-state index is -0.801. The average molecular weight is 461 g/mol. The average Bonchev–Trinajstić information content (AvgIpc) is 3.41. The minimum absolute atomic E-state index is 0.0953. The molecule has 9 heteroatoms. The largest absolute Gasteiger partial charge is 0.467 e. The number of nitrogens with zero attached hydrogens (tertiary/aromatic N) is 2. The molecule has 1 N–H and O–H groups in total. The zero-order chi connectivity index (χ0) is 24.4. The predicted molar refractivity (Wildman–Crippen MR) is 122 cm³/mol. The molecule has 1 fully saturated rings. The Morgan fingerprint density at radius 1 is 1.12 bits per heavy atom. The summed E-state index contributed by atoms with van der Waals surface area (Å²) in [6.45, 7) is 5.64. The van der Waals surface area contributed by atoms with Gasteiger partial charge in [0.25, 0.3) is 11.8 Å². The van der Waals surface area contributed by atoms with Gasteiger partial charge in [0.1, 0.15) is 11.3 Å². The van der Waals surface area contributed by atoms with Gasteiger partial charge in [0.05, 0.1) is 25.0 Å². The van der Waals surface area contributed by atoms with Crippen molar-refractivity contribution < 1.29 is 28.3 Å². The quantitative estimate of drug-likeness (QED) is 0.342. The number of ether oxygens (including phenoxy) is 1. The van der Waals surface area contributed by atoms with Crippen LogP contribution in [0.5, 0.6) is 0 Å². The molecule has 1 aliphatic heterocycles. The molecule has 1 saturated heterocycles. The molecule has 0 unspecified atom stereocenters. The van der Waals surface area contributed by atoms with Gasteiger partial charge in [-0.15, -0.1) is 0 Å². The van der Waals surface area contributed by atoms with E-state index in [4.69, 9.17) is 9.15 Å². The standard InChI is InChI=1S/C25H23N3O6/c1-4-33-24(31)17-7-5-8-19(12-17)28-15(2)11-18(16(28)3)13-21-22(29)26-25(32)27(23(21)30)14-20-9-6-10-34-20/h5-13H,4,14H2,1-3H3,(H,26,29,32)/b21-13+. The Hall–Kier alpha value is -4.40. The summed E-state index contributed by atoms with van der Waals surface area (Å²) >= 11 is 0. The second kappa shape index (κ2) is 9.22. The molecule has 0 saturated carbocycles. The molecule has 3 aromatic rings. The number of urea groups is 1. The van der Waals surface area contributed by atoms with Crippen LogP contribution < -0.4 is 5.32 Å². The number of nitrogens with one attached hydrogen (secondary N) is 1. The monoisotopic (exact) mass is 461 g/mol. The van der Waals surface area contributed by atoms with Crippen LogP contribution in [-0.2, 0) is 20.9 Å². The lowest BCUT2D eigenvalue weighted by Crippen LogP contribution is -2.53. The van der Waals surface area contributed by atoms with Crippen molar-refractivity contribution in [2.24, 2.45) is 0 Å². The van der Waals surface area contributed by atoms with E-state index in [-0.39, 0.29) is 18.7 Å². The van der Waals surface area contributed by atoms with Crippen molar-refractivity contribution in [2.75, 3.05) is 6.61 Å². The molecule has 9 nitrogen and oxygen atoms in total. The van der Waals surface area contributed by atoms with Gasteiger partial charge in [-0.3, -0.25) is 19.8 Å². The van der Waals surface area contributed by atoms with E-state index in [0.29, 0.717) is 16.9 Å². The Morgan fingerprint density at radius 3 is 2.62 bits per heavy atom. The Balaban J connectivity index is 1.69. The molecule has 2 aromatic heterocycles. The normalized spacial score (nSPS) is 15.1. The van der Waals surface area contributed by atoms with E-state index in [9.17, 15) is 19.2 Å². The summed E-state index contributed by atoms with van der Waals surface area (Å²) in [5.41, 5.74) is 3.20. The van der Waals surface area contributed by atoms with Crippen molar-refractivity contribution in [3.8, 4) is 5.69 Å². The predicted octanol–water partition coefficient (Wildman–Crippen LogP) is 3.53. The van der Waals surface area contributed by atoms with E-state index in [2.05, 4.69) is 5.32 Å². The summed E-state index contributed by atoms with van der Waals surface area (Å²) in [6.07, 6.45) is 2.91. The fraction of sp³-hybridized carbons (Fsp3) is 0.200. The number of aryl methyl sites for hydroxylation is 1. The zero-order valence-electron chi connectivity index (χ0n) is 19.0. The lowest BCUT2D eigenvalue weighted by Gasteiger charge is -2.25. The summed E-state index contributed by atoms with van der Waals surface area (Å²) in [5, 5.41) is 2.21. The van der Waals surface area contributed by atoms with Crippen LogP contribution in [0.3, 0.4) is 0 Å². The van der Waals surface area contributed by atoms with Crippen molar-refractivity contribution in [2.45, 2.75) is 27.3 Å². The number of imide groups is 2. The van der Waals surface area contributed by atoms with Gasteiger partial charge in [-0.1, -0.05) is 6.07 Å². The van der Waals surface area contributed by atoms with Crippen LogP contribution in [0.4, 0.5) is 4.79 Å². The molecule has 4 amide bonds. The Bertz CT molecular complexity index is 1320. The highest BCUT2D eigenvalue weighted by Crippen LogP contribution is 2.25. The number of aromatic nitrogens is 1. The molecular weight excluding hydrogens is 438 g/mol. The molecule has 3 heterocycles. The first-order valence-electron chi connectivity index (χ1n) is 10.7. The van der Waals surface area contributed by atoms with Gasteiger partial charge in [-0.05, 0) is 68.8 Å². The first kappa shape index (κ1) is 22.8. The maximum atomic E-state index is 13.0. The van der Waals surface area contributed by atoms with Gasteiger partial charge < -0.3 is 13.7 Å². The third kappa shape index (κ3) is 4.27. The first-order valence-corrected chi connectivity index (χ1v) is 10.7. The maximum absolute atomic E-state index is 13.0. The van der Waals surface area contributed by atoms with Gasteiger partial charge in [-0.25, -0.2) is 9.59 Å². The van der Waals surface area contributed by atoms with E-state index in [1.165, 1.54) is 12.3 Å². The van der Waals surface area contributed by atoms with Crippen LogP contribution in [0.1, 0.15) is 40.0 Å². The third-order valence-corrected chi connectivity index (χ3v) is 5.47. The molecule has 1 aliphatic rings. The summed E-state index contributed by atoms with van der Waals surface area (Å²) in [6, 6.07) is 11.3. The summed E-state index contributed by atoms with van der Waals surface area (Å²) < 4.78 is 12.2. The number of amides is 4. The highest BCUT2D eigenvalue weighted by atomic mass is 16.5. The van der Waals surface area contributed by atoms with E-state index in [0.717, 1.165) is 22.0 Å². The van der Waals surface area contributed by atoms with Gasteiger partial charge in [0.15, 0.2) is 0 Å². The molecule has 174 valence electrons. The fourth-order valence-electron chi connectivity index (χ4n) is 3.87. The summed E-state index contributed by atoms with van der Waals surface area (Å²) in [4.78, 5) is 50.8. The van der Waals surface area contributed by atoms with E-state index in [1.54, 1.807) is 37.3 Å². The molecular formula is C25H23N3O6. The fourth-order valence-corrected chi connectivity index (χ4v) is 3.87. The lowest BCUT2D eigenvalue weighted by atomic mass is 10.1. The van der Waals surface area contributed by atoms with Gasteiger partial charge in [-0.2, -0.15) is 0 Å². The van der Waals surface area contributed by atoms with Crippen LogP contribution in [0.15, 0.2) is 58.7 Å². The van der Waals surface area contributed by atoms with Crippen LogP contribution in [0.25, 0.3) is 11.8 Å². The number of esters is 1. The first-order chi connectivity index (χ1) is 16.3. The summed E-state index contributed by atoms with van der Waals surface area (Å²) in [7, 11) is 0. The lowest BCUT2D eigenvalue weighted by molar-refractivity contribution is -0.130. The van der Waals surface area contributed by atoms with Crippen molar-refractivity contribution in [1.29, 1.82) is 0 Å². The maximum Gasteiger partial charge on any atom is 0.338 e. The van der Waals surface area contributed by atoms with E-state index in [1.807, 2.05) is 30.5 Å². The van der Waals surface area contributed by atoms with E-state index >= 15 is 0 Å². The van der Waals surface area contributed by atoms with Crippen molar-refractivity contribution >= 4 is 29.9 Å². The Labute approximate surface area is 195 Å². The highest BCUT2D eigenvalue weighted by Gasteiger charge is 2.36. The molecule has 0 aliphatic carbocycles. The smallest absolute Gasteiger partial charge is 0.338 e. The molecule has 0 radical (unpaired) electrons. The molecule has 34 heavy (non-hydrogen) atoms. The molecule has 0 atom stereocenters. The number of rotatable bonds is 6. The Morgan fingerprint density at radius 2 is 1.91 bits per heavy atom. The van der Waals surface area contributed by atoms with Gasteiger partial charge in [0.2, 0.25) is 0 Å². The number of carbonyl (C=O) groups excluding carboxylic acids is 4. The second-order valence-electron chi connectivity index (χ2n) is 7.72. The zero-order valence-corrected chi connectivity index (χ0v) is 19.0. The third-order valence-electron chi connectivity index (χ3n) is 5.47. The molecule has 0 spiro atoms. The highest BCUT2D eigenvalue weighted by molar-refractivity contribution is 6.31. The van der Waals surface area contributed by atoms with Crippen molar-refractivity contribution in [3.05, 3.63) is 82.6 Å². The van der Waals surface area contributed by atoms with Crippen molar-refractivity contribution in [1.82, 2.24) is 14.8 Å². The molecule has 4 rings (SSSR count).